The number of benzene rings is 2. The summed E-state index contributed by atoms with van der Waals surface area (Å²) in [6.07, 6.45) is 1.77. The lowest BCUT2D eigenvalue weighted by atomic mass is 10.1. The number of aromatic nitrogens is 2. The molecule has 3 nitrogen and oxygen atoms in total. The minimum absolute atomic E-state index is 0.239. The van der Waals surface area contributed by atoms with E-state index < -0.39 is 0 Å². The maximum absolute atomic E-state index is 13.5. The van der Waals surface area contributed by atoms with E-state index in [-0.39, 0.29) is 11.6 Å². The quantitative estimate of drug-likeness (QED) is 0.549. The Balaban J connectivity index is 1.82. The Kier molecular flexibility index (Phi) is 3.93. The summed E-state index contributed by atoms with van der Waals surface area (Å²) in [6.45, 7) is 0. The van der Waals surface area contributed by atoms with Gasteiger partial charge >= 0.3 is 0 Å². The van der Waals surface area contributed by atoms with Crippen LogP contribution in [0.3, 0.4) is 0 Å². The van der Waals surface area contributed by atoms with Gasteiger partial charge in [-0.2, -0.15) is 0 Å². The highest BCUT2D eigenvalue weighted by molar-refractivity contribution is 7.99. The van der Waals surface area contributed by atoms with Gasteiger partial charge < -0.3 is 9.67 Å². The summed E-state index contributed by atoms with van der Waals surface area (Å²) in [5, 5.41) is 10.5. The van der Waals surface area contributed by atoms with Crippen molar-refractivity contribution in [2.24, 2.45) is 7.05 Å². The van der Waals surface area contributed by atoms with Crippen LogP contribution in [0.15, 0.2) is 76.7 Å². The Bertz CT molecular complexity index is 1060. The van der Waals surface area contributed by atoms with Crippen LogP contribution in [0, 0.1) is 5.82 Å². The maximum atomic E-state index is 13.5. The summed E-state index contributed by atoms with van der Waals surface area (Å²) < 4.78 is 15.5. The lowest BCUT2D eigenvalue weighted by molar-refractivity contribution is 0.475. The number of hydrogen-bond donors (Lipinski definition) is 1. The van der Waals surface area contributed by atoms with Crippen molar-refractivity contribution in [3.63, 3.8) is 0 Å². The average molecular weight is 350 g/mol. The molecule has 0 amide bonds. The maximum Gasteiger partial charge on any atom is 0.141 e. The smallest absolute Gasteiger partial charge is 0.141 e. The van der Waals surface area contributed by atoms with Crippen LogP contribution >= 0.6 is 11.8 Å². The molecule has 25 heavy (non-hydrogen) atoms. The van der Waals surface area contributed by atoms with Gasteiger partial charge in [0, 0.05) is 28.4 Å². The van der Waals surface area contributed by atoms with E-state index in [1.807, 2.05) is 35.9 Å². The third kappa shape index (κ3) is 2.98. The second-order valence-electron chi connectivity index (χ2n) is 5.74. The van der Waals surface area contributed by atoms with Crippen molar-refractivity contribution in [3.8, 4) is 17.0 Å². The number of pyridine rings is 1. The molecule has 5 heteroatoms. The molecule has 2 aromatic carbocycles. The molecule has 0 aliphatic heterocycles. The minimum atomic E-state index is -0.242. The first-order valence-electron chi connectivity index (χ1n) is 7.79. The third-order valence-electron chi connectivity index (χ3n) is 4.08. The molecule has 4 rings (SSSR count). The van der Waals surface area contributed by atoms with E-state index in [0.29, 0.717) is 0 Å². The molecule has 124 valence electrons. The molecule has 2 aromatic heterocycles. The number of fused-ring (bicyclic) bond motifs is 1. The van der Waals surface area contributed by atoms with Crippen LogP contribution in [0.2, 0.25) is 0 Å². The lowest BCUT2D eigenvalue weighted by Crippen LogP contribution is -1.92. The van der Waals surface area contributed by atoms with E-state index in [9.17, 15) is 9.50 Å². The Morgan fingerprint density at radius 2 is 1.84 bits per heavy atom. The lowest BCUT2D eigenvalue weighted by Gasteiger charge is -2.05. The van der Waals surface area contributed by atoms with Crippen LogP contribution in [-0.4, -0.2) is 14.7 Å². The topological polar surface area (TPSA) is 38.0 Å². The second kappa shape index (κ2) is 6.26. The molecule has 0 fully saturated rings. The van der Waals surface area contributed by atoms with Crippen LogP contribution in [0.5, 0.6) is 5.75 Å². The summed E-state index contributed by atoms with van der Waals surface area (Å²) in [6, 6.07) is 17.7. The molecule has 1 N–H and O–H groups in total. The molecular formula is C20H15FN2OS. The first-order chi connectivity index (χ1) is 12.1. The van der Waals surface area contributed by atoms with Crippen LogP contribution < -0.4 is 0 Å². The number of aromatic hydroxyl groups is 1. The van der Waals surface area contributed by atoms with Crippen molar-refractivity contribution < 1.29 is 9.50 Å². The van der Waals surface area contributed by atoms with Crippen LogP contribution in [0.4, 0.5) is 4.39 Å². The number of nitrogens with zero attached hydrogens (tertiary/aromatic N) is 2. The van der Waals surface area contributed by atoms with E-state index in [0.717, 1.165) is 32.1 Å². The Hall–Kier alpha value is -2.79. The largest absolute Gasteiger partial charge is 0.508 e. The number of halogens is 1. The predicted molar refractivity (Wildman–Crippen MR) is 98.3 cm³/mol. The molecular weight excluding hydrogens is 335 g/mol. The zero-order valence-electron chi connectivity index (χ0n) is 13.5. The Morgan fingerprint density at radius 1 is 1.04 bits per heavy atom. The van der Waals surface area contributed by atoms with Crippen LogP contribution in [0.1, 0.15) is 0 Å². The van der Waals surface area contributed by atoms with Crippen molar-refractivity contribution in [2.45, 2.75) is 9.79 Å². The molecule has 0 atom stereocenters. The van der Waals surface area contributed by atoms with E-state index in [1.54, 1.807) is 24.4 Å². The fourth-order valence-electron chi connectivity index (χ4n) is 2.85. The normalized spacial score (nSPS) is 11.1. The Labute approximate surface area is 148 Å². The second-order valence-corrected chi connectivity index (χ2v) is 6.86. The van der Waals surface area contributed by atoms with E-state index in [2.05, 4.69) is 11.1 Å². The highest BCUT2D eigenvalue weighted by Crippen LogP contribution is 2.36. The monoisotopic (exact) mass is 350 g/mol. The van der Waals surface area contributed by atoms with Gasteiger partial charge in [0.2, 0.25) is 0 Å². The van der Waals surface area contributed by atoms with Gasteiger partial charge in [0.25, 0.3) is 0 Å². The molecule has 0 bridgehead atoms. The number of rotatable bonds is 3. The predicted octanol–water partition coefficient (Wildman–Crippen LogP) is 5.24. The molecule has 0 unspecified atom stereocenters. The minimum Gasteiger partial charge on any atom is -0.508 e. The highest BCUT2D eigenvalue weighted by Gasteiger charge is 2.13. The first-order valence-corrected chi connectivity index (χ1v) is 8.61. The third-order valence-corrected chi connectivity index (χ3v) is 5.14. The van der Waals surface area contributed by atoms with Gasteiger partial charge in [-0.25, -0.2) is 9.37 Å². The van der Waals surface area contributed by atoms with E-state index in [4.69, 9.17) is 0 Å². The molecule has 0 aliphatic carbocycles. The van der Waals surface area contributed by atoms with Crippen molar-refractivity contribution in [1.82, 2.24) is 9.55 Å². The zero-order chi connectivity index (χ0) is 17.4. The van der Waals surface area contributed by atoms with Crippen LogP contribution in [-0.2, 0) is 7.05 Å². The molecule has 0 spiro atoms. The van der Waals surface area contributed by atoms with E-state index in [1.165, 1.54) is 23.9 Å². The number of phenols is 1. The molecule has 0 saturated carbocycles. The molecule has 0 radical (unpaired) electrons. The molecule has 0 saturated heterocycles. The summed E-state index contributed by atoms with van der Waals surface area (Å²) in [5.41, 5.74) is 2.87. The van der Waals surface area contributed by atoms with Gasteiger partial charge in [-0.05, 0) is 60.2 Å². The highest BCUT2D eigenvalue weighted by atomic mass is 32.2. The average Bonchev–Trinajstić information content (AvgIpc) is 2.94. The summed E-state index contributed by atoms with van der Waals surface area (Å²) in [7, 11) is 1.97. The number of aryl methyl sites for hydroxylation is 1. The van der Waals surface area contributed by atoms with Gasteiger partial charge in [0.1, 0.15) is 17.2 Å². The summed E-state index contributed by atoms with van der Waals surface area (Å²) >= 11 is 1.52. The van der Waals surface area contributed by atoms with Crippen molar-refractivity contribution in [3.05, 3.63) is 72.7 Å². The van der Waals surface area contributed by atoms with Gasteiger partial charge in [-0.3, -0.25) is 0 Å². The van der Waals surface area contributed by atoms with Gasteiger partial charge in [-0.15, -0.1) is 0 Å². The fraction of sp³-hybridized carbons (Fsp3) is 0.0500. The SMILES string of the molecule is Cn1c(-c2ccc(O)cc2)cc2c(Sc3cccc(F)c3)ccnc21. The zero-order valence-corrected chi connectivity index (χ0v) is 14.3. The van der Waals surface area contributed by atoms with Crippen molar-refractivity contribution in [2.75, 3.05) is 0 Å². The number of hydrogen-bond acceptors (Lipinski definition) is 3. The first kappa shape index (κ1) is 15.7. The summed E-state index contributed by atoms with van der Waals surface area (Å²) in [5.74, 6) is -0.00358. The van der Waals surface area contributed by atoms with E-state index >= 15 is 0 Å². The van der Waals surface area contributed by atoms with Crippen molar-refractivity contribution >= 4 is 22.8 Å². The van der Waals surface area contributed by atoms with Gasteiger partial charge in [-0.1, -0.05) is 17.8 Å². The van der Waals surface area contributed by atoms with Crippen LogP contribution in [0.25, 0.3) is 22.3 Å². The molecule has 2 heterocycles. The fourth-order valence-corrected chi connectivity index (χ4v) is 3.81. The summed E-state index contributed by atoms with van der Waals surface area (Å²) in [4.78, 5) is 6.36. The van der Waals surface area contributed by atoms with Gasteiger partial charge in [0.05, 0.1) is 5.69 Å². The molecule has 0 aliphatic rings. The van der Waals surface area contributed by atoms with Crippen molar-refractivity contribution in [1.29, 1.82) is 0 Å². The Morgan fingerprint density at radius 3 is 2.60 bits per heavy atom. The molecule has 4 aromatic rings. The van der Waals surface area contributed by atoms with Gasteiger partial charge in [0.15, 0.2) is 0 Å². The standard InChI is InChI=1S/C20H15FN2OS/c1-23-18(13-5-7-15(24)8-6-13)12-17-19(9-10-22-20(17)23)25-16-4-2-3-14(21)11-16/h2-12,24H,1H3. The number of phenolic OH excluding ortho intramolecular Hbond substituents is 1.